The van der Waals surface area contributed by atoms with E-state index in [2.05, 4.69) is 10.1 Å². The molecule has 1 aromatic carbocycles. The Kier molecular flexibility index (Phi) is 3.28. The molecule has 3 aromatic rings. The fourth-order valence-electron chi connectivity index (χ4n) is 2.77. The van der Waals surface area contributed by atoms with Crippen LogP contribution in [0, 0.1) is 5.82 Å². The molecule has 0 spiro atoms. The molecule has 1 aliphatic rings. The molecule has 3 nitrogen and oxygen atoms in total. The van der Waals surface area contributed by atoms with Gasteiger partial charge in [0.15, 0.2) is 0 Å². The Labute approximate surface area is 137 Å². The molecule has 2 aromatic heterocycles. The van der Waals surface area contributed by atoms with E-state index < -0.39 is 16.5 Å². The van der Waals surface area contributed by atoms with E-state index in [9.17, 15) is 17.6 Å². The maximum Gasteiger partial charge on any atom is 0.426 e. The maximum absolute atomic E-state index is 13.5. The van der Waals surface area contributed by atoms with Crippen molar-refractivity contribution in [2.75, 3.05) is 0 Å². The van der Waals surface area contributed by atoms with E-state index in [1.54, 1.807) is 12.1 Å². The summed E-state index contributed by atoms with van der Waals surface area (Å²) in [4.78, 5) is 3.41. The summed E-state index contributed by atoms with van der Waals surface area (Å²) in [6.45, 7) is 0. The molecule has 0 saturated heterocycles. The fourth-order valence-corrected chi connectivity index (χ4v) is 3.53. The van der Waals surface area contributed by atoms with E-state index in [-0.39, 0.29) is 23.1 Å². The van der Waals surface area contributed by atoms with Crippen LogP contribution < -0.4 is 0 Å². The van der Waals surface area contributed by atoms with Gasteiger partial charge in [0.05, 0.1) is 5.41 Å². The summed E-state index contributed by atoms with van der Waals surface area (Å²) in [5, 5.41) is 5.05. The van der Waals surface area contributed by atoms with Gasteiger partial charge in [-0.3, -0.25) is 0 Å². The topological polar surface area (TPSA) is 38.9 Å². The molecule has 0 N–H and O–H groups in total. The number of alkyl halides is 3. The van der Waals surface area contributed by atoms with Crippen LogP contribution in [0.1, 0.15) is 29.2 Å². The molecule has 0 aliphatic heterocycles. The van der Waals surface area contributed by atoms with Gasteiger partial charge in [-0.2, -0.15) is 18.2 Å². The van der Waals surface area contributed by atoms with Gasteiger partial charge in [0.1, 0.15) is 10.7 Å². The number of hydrogen-bond acceptors (Lipinski definition) is 4. The molecule has 124 valence electrons. The van der Waals surface area contributed by atoms with Crippen molar-refractivity contribution in [1.82, 2.24) is 10.1 Å². The first kappa shape index (κ1) is 15.3. The molecule has 0 bridgehead atoms. The Bertz CT molecular complexity index is 895. The van der Waals surface area contributed by atoms with Crippen molar-refractivity contribution >= 4 is 11.3 Å². The summed E-state index contributed by atoms with van der Waals surface area (Å²) in [5.41, 5.74) is -0.00139. The quantitative estimate of drug-likeness (QED) is 0.619. The third-order valence-electron chi connectivity index (χ3n) is 4.13. The summed E-state index contributed by atoms with van der Waals surface area (Å²) < 4.78 is 57.7. The minimum absolute atomic E-state index is 0.0961. The highest BCUT2D eigenvalue weighted by molar-refractivity contribution is 7.10. The van der Waals surface area contributed by atoms with E-state index >= 15 is 0 Å². The second-order valence-corrected chi connectivity index (χ2v) is 6.59. The zero-order chi connectivity index (χ0) is 16.9. The van der Waals surface area contributed by atoms with Crippen LogP contribution in [0.2, 0.25) is 0 Å². The zero-order valence-corrected chi connectivity index (χ0v) is 12.9. The zero-order valence-electron chi connectivity index (χ0n) is 12.1. The van der Waals surface area contributed by atoms with Gasteiger partial charge in [-0.1, -0.05) is 17.3 Å². The average molecular weight is 354 g/mol. The highest BCUT2D eigenvalue weighted by Gasteiger charge is 2.51. The second kappa shape index (κ2) is 5.14. The molecule has 2 heterocycles. The minimum Gasteiger partial charge on any atom is -0.338 e. The van der Waals surface area contributed by atoms with E-state index in [1.807, 2.05) is 0 Å². The summed E-state index contributed by atoms with van der Waals surface area (Å²) >= 11 is 0.586. The van der Waals surface area contributed by atoms with Gasteiger partial charge in [-0.25, -0.2) is 4.39 Å². The van der Waals surface area contributed by atoms with E-state index in [0.717, 1.165) is 0 Å². The number of nitrogens with zero attached hydrogens (tertiary/aromatic N) is 2. The highest BCUT2D eigenvalue weighted by Crippen LogP contribution is 2.53. The van der Waals surface area contributed by atoms with Crippen LogP contribution in [0.25, 0.3) is 11.4 Å². The van der Waals surface area contributed by atoms with Gasteiger partial charge in [-0.05, 0) is 42.0 Å². The predicted octanol–water partition coefficient (Wildman–Crippen LogP) is 5.04. The largest absolute Gasteiger partial charge is 0.426 e. The maximum atomic E-state index is 13.5. The van der Waals surface area contributed by atoms with Gasteiger partial charge >= 0.3 is 6.18 Å². The lowest BCUT2D eigenvalue weighted by molar-refractivity contribution is -0.133. The lowest BCUT2D eigenvalue weighted by Gasteiger charge is -2.10. The SMILES string of the molecule is Fc1cccc(C2(c3nc(-c4ccsc4C(F)(F)F)no3)CC2)c1. The second-order valence-electron chi connectivity index (χ2n) is 5.68. The summed E-state index contributed by atoms with van der Waals surface area (Å²) in [7, 11) is 0. The standard InChI is InChI=1S/C16H10F4N2OS/c17-10-3-1-2-9(8-10)15(5-6-15)14-21-13(22-23-14)11-4-7-24-12(11)16(18,19)20/h1-4,7-8H,5-6H2. The van der Waals surface area contributed by atoms with Crippen LogP contribution in [-0.2, 0) is 11.6 Å². The third-order valence-corrected chi connectivity index (χ3v) is 5.09. The van der Waals surface area contributed by atoms with Crippen LogP contribution in [0.4, 0.5) is 17.6 Å². The smallest absolute Gasteiger partial charge is 0.338 e. The van der Waals surface area contributed by atoms with E-state index in [0.29, 0.717) is 29.7 Å². The lowest BCUT2D eigenvalue weighted by atomic mass is 9.96. The summed E-state index contributed by atoms with van der Waals surface area (Å²) in [6, 6.07) is 7.39. The van der Waals surface area contributed by atoms with Crippen LogP contribution in [0.3, 0.4) is 0 Å². The summed E-state index contributed by atoms with van der Waals surface area (Å²) in [5.74, 6) is -0.251. The third kappa shape index (κ3) is 2.41. The molecular formula is C16H10F4N2OS. The number of aromatic nitrogens is 2. The van der Waals surface area contributed by atoms with Gasteiger partial charge in [0, 0.05) is 5.56 Å². The fraction of sp³-hybridized carbons (Fsp3) is 0.250. The Morgan fingerprint density at radius 3 is 2.62 bits per heavy atom. The van der Waals surface area contributed by atoms with Crippen molar-refractivity contribution in [3.8, 4) is 11.4 Å². The molecule has 4 rings (SSSR count). The van der Waals surface area contributed by atoms with Crippen molar-refractivity contribution in [1.29, 1.82) is 0 Å². The number of halogens is 4. The van der Waals surface area contributed by atoms with Crippen LogP contribution >= 0.6 is 11.3 Å². The summed E-state index contributed by atoms with van der Waals surface area (Å²) in [6.07, 6.45) is -3.09. The number of benzene rings is 1. The molecule has 8 heteroatoms. The molecule has 1 fully saturated rings. The van der Waals surface area contributed by atoms with Crippen LogP contribution in [-0.4, -0.2) is 10.1 Å². The Morgan fingerprint density at radius 1 is 1.17 bits per heavy atom. The van der Waals surface area contributed by atoms with Gasteiger partial charge < -0.3 is 4.52 Å². The van der Waals surface area contributed by atoms with Crippen molar-refractivity contribution < 1.29 is 22.1 Å². The Balaban J connectivity index is 1.73. The van der Waals surface area contributed by atoms with Gasteiger partial charge in [0.25, 0.3) is 0 Å². The molecule has 24 heavy (non-hydrogen) atoms. The molecule has 0 radical (unpaired) electrons. The van der Waals surface area contributed by atoms with Gasteiger partial charge in [0.2, 0.25) is 11.7 Å². The molecule has 1 aliphatic carbocycles. The first-order chi connectivity index (χ1) is 11.4. The minimum atomic E-state index is -4.47. The molecule has 1 saturated carbocycles. The molecule has 0 amide bonds. The van der Waals surface area contributed by atoms with Crippen molar-refractivity contribution in [2.24, 2.45) is 0 Å². The number of thiophene rings is 1. The van der Waals surface area contributed by atoms with Crippen LogP contribution in [0.15, 0.2) is 40.2 Å². The van der Waals surface area contributed by atoms with Crippen LogP contribution in [0.5, 0.6) is 0 Å². The first-order valence-corrected chi connectivity index (χ1v) is 8.03. The van der Waals surface area contributed by atoms with Gasteiger partial charge in [-0.15, -0.1) is 11.3 Å². The number of rotatable bonds is 3. The first-order valence-electron chi connectivity index (χ1n) is 7.15. The monoisotopic (exact) mass is 354 g/mol. The average Bonchev–Trinajstić information content (AvgIpc) is 2.97. The molecule has 0 unspecified atom stereocenters. The van der Waals surface area contributed by atoms with Crippen molar-refractivity contribution in [3.05, 3.63) is 57.9 Å². The lowest BCUT2D eigenvalue weighted by Crippen LogP contribution is -2.09. The highest BCUT2D eigenvalue weighted by atomic mass is 32.1. The Hall–Kier alpha value is -2.22. The number of hydrogen-bond donors (Lipinski definition) is 0. The predicted molar refractivity (Wildman–Crippen MR) is 79.0 cm³/mol. The normalized spacial score (nSPS) is 16.3. The van der Waals surface area contributed by atoms with Crippen molar-refractivity contribution in [3.63, 3.8) is 0 Å². The van der Waals surface area contributed by atoms with E-state index in [1.165, 1.54) is 23.6 Å². The van der Waals surface area contributed by atoms with Crippen molar-refractivity contribution in [2.45, 2.75) is 24.4 Å². The molecule has 0 atom stereocenters. The van der Waals surface area contributed by atoms with E-state index in [4.69, 9.17) is 4.52 Å². The molecular weight excluding hydrogens is 344 g/mol. The Morgan fingerprint density at radius 2 is 1.96 bits per heavy atom.